The zero-order chi connectivity index (χ0) is 21.0. The van der Waals surface area contributed by atoms with Gasteiger partial charge in [0.2, 0.25) is 15.9 Å². The van der Waals surface area contributed by atoms with Crippen molar-refractivity contribution >= 4 is 27.3 Å². The molecule has 9 nitrogen and oxygen atoms in total. The standard InChI is InChI=1S/C19H21N3O6S/c1-28-17-8-10-18(11-9-17)29(26,27)21-12-2-3-14(13-21)19(23)20-15-4-6-16(7-5-15)22(24)25/h4-11,14H,2-3,12-13H2,1H3,(H,20,23). The van der Waals surface area contributed by atoms with Crippen LogP contribution in [0.4, 0.5) is 11.4 Å². The third-order valence-electron chi connectivity index (χ3n) is 4.80. The number of anilines is 1. The van der Waals surface area contributed by atoms with E-state index in [9.17, 15) is 23.3 Å². The average molecular weight is 419 g/mol. The van der Waals surface area contributed by atoms with Gasteiger partial charge in [-0.25, -0.2) is 8.42 Å². The maximum atomic E-state index is 12.9. The number of ether oxygens (including phenoxy) is 1. The number of nitrogens with one attached hydrogen (secondary N) is 1. The molecular weight excluding hydrogens is 398 g/mol. The zero-order valence-electron chi connectivity index (χ0n) is 15.8. The van der Waals surface area contributed by atoms with E-state index < -0.39 is 20.9 Å². The number of piperidine rings is 1. The van der Waals surface area contributed by atoms with E-state index in [0.717, 1.165) is 0 Å². The summed E-state index contributed by atoms with van der Waals surface area (Å²) < 4.78 is 32.2. The molecule has 1 N–H and O–H groups in total. The van der Waals surface area contributed by atoms with E-state index in [4.69, 9.17) is 4.74 Å². The molecule has 1 fully saturated rings. The third-order valence-corrected chi connectivity index (χ3v) is 6.68. The molecule has 1 aliphatic rings. The van der Waals surface area contributed by atoms with Crippen LogP contribution in [0.25, 0.3) is 0 Å². The molecule has 0 spiro atoms. The van der Waals surface area contributed by atoms with Crippen LogP contribution >= 0.6 is 0 Å². The van der Waals surface area contributed by atoms with E-state index in [-0.39, 0.29) is 23.0 Å². The lowest BCUT2D eigenvalue weighted by atomic mass is 9.98. The van der Waals surface area contributed by atoms with Gasteiger partial charge < -0.3 is 10.1 Å². The van der Waals surface area contributed by atoms with Crippen molar-refractivity contribution in [3.8, 4) is 5.75 Å². The molecule has 154 valence electrons. The van der Waals surface area contributed by atoms with E-state index in [2.05, 4.69) is 5.32 Å². The van der Waals surface area contributed by atoms with Crippen LogP contribution < -0.4 is 10.1 Å². The number of nitrogens with zero attached hydrogens (tertiary/aromatic N) is 2. The maximum Gasteiger partial charge on any atom is 0.269 e. The van der Waals surface area contributed by atoms with Crippen molar-refractivity contribution in [1.29, 1.82) is 0 Å². The van der Waals surface area contributed by atoms with Gasteiger partial charge in [0, 0.05) is 30.9 Å². The van der Waals surface area contributed by atoms with E-state index >= 15 is 0 Å². The summed E-state index contributed by atoms with van der Waals surface area (Å²) in [7, 11) is -2.22. The first kappa shape index (κ1) is 20.7. The Balaban J connectivity index is 1.68. The molecule has 10 heteroatoms. The molecule has 2 aromatic rings. The molecule has 1 unspecified atom stereocenters. The highest BCUT2D eigenvalue weighted by Crippen LogP contribution is 2.26. The van der Waals surface area contributed by atoms with Gasteiger partial charge in [-0.15, -0.1) is 0 Å². The van der Waals surface area contributed by atoms with Crippen molar-refractivity contribution in [2.24, 2.45) is 5.92 Å². The van der Waals surface area contributed by atoms with E-state index in [0.29, 0.717) is 30.8 Å². The Labute approximate surface area is 168 Å². The van der Waals surface area contributed by atoms with Gasteiger partial charge in [0.1, 0.15) is 5.75 Å². The molecule has 0 saturated carbocycles. The number of methoxy groups -OCH3 is 1. The molecule has 0 aromatic heterocycles. The minimum atomic E-state index is -3.72. The van der Waals surface area contributed by atoms with Gasteiger partial charge in [-0.2, -0.15) is 4.31 Å². The van der Waals surface area contributed by atoms with E-state index in [1.807, 2.05) is 0 Å². The van der Waals surface area contributed by atoms with Crippen molar-refractivity contribution in [2.75, 3.05) is 25.5 Å². The van der Waals surface area contributed by atoms with Crippen molar-refractivity contribution < 1.29 is 22.9 Å². The fourth-order valence-corrected chi connectivity index (χ4v) is 4.71. The van der Waals surface area contributed by atoms with Crippen LogP contribution in [0, 0.1) is 16.0 Å². The van der Waals surface area contributed by atoms with Crippen LogP contribution in [-0.2, 0) is 14.8 Å². The maximum absolute atomic E-state index is 12.9. The zero-order valence-corrected chi connectivity index (χ0v) is 16.6. The average Bonchev–Trinajstić information content (AvgIpc) is 2.74. The van der Waals surface area contributed by atoms with Gasteiger partial charge in [0.05, 0.1) is 22.8 Å². The van der Waals surface area contributed by atoms with Crippen molar-refractivity contribution in [3.05, 3.63) is 58.6 Å². The lowest BCUT2D eigenvalue weighted by Gasteiger charge is -2.31. The summed E-state index contributed by atoms with van der Waals surface area (Å²) in [6.45, 7) is 0.419. The lowest BCUT2D eigenvalue weighted by Crippen LogP contribution is -2.43. The Morgan fingerprint density at radius 2 is 1.83 bits per heavy atom. The number of hydrogen-bond donors (Lipinski definition) is 1. The molecule has 2 aromatic carbocycles. The number of nitro benzene ring substituents is 1. The SMILES string of the molecule is COc1ccc(S(=O)(=O)N2CCCC(C(=O)Nc3ccc([N+](=O)[O-])cc3)C2)cc1. The normalized spacial score (nSPS) is 17.5. The van der Waals surface area contributed by atoms with Crippen LogP contribution in [0.2, 0.25) is 0 Å². The van der Waals surface area contributed by atoms with Gasteiger partial charge in [0.25, 0.3) is 5.69 Å². The quantitative estimate of drug-likeness (QED) is 0.568. The summed E-state index contributed by atoms with van der Waals surface area (Å²) >= 11 is 0. The number of amides is 1. The van der Waals surface area contributed by atoms with Crippen LogP contribution in [0.3, 0.4) is 0 Å². The van der Waals surface area contributed by atoms with Crippen molar-refractivity contribution in [2.45, 2.75) is 17.7 Å². The second-order valence-electron chi connectivity index (χ2n) is 6.67. The summed E-state index contributed by atoms with van der Waals surface area (Å²) in [6, 6.07) is 11.6. The fourth-order valence-electron chi connectivity index (χ4n) is 3.18. The predicted molar refractivity (Wildman–Crippen MR) is 106 cm³/mol. The number of rotatable bonds is 6. The van der Waals surface area contributed by atoms with Gasteiger partial charge in [0.15, 0.2) is 0 Å². The molecule has 1 aliphatic heterocycles. The topological polar surface area (TPSA) is 119 Å². The molecule has 1 saturated heterocycles. The number of non-ortho nitro benzene ring substituents is 1. The lowest BCUT2D eigenvalue weighted by molar-refractivity contribution is -0.384. The fraction of sp³-hybridized carbons (Fsp3) is 0.316. The molecule has 29 heavy (non-hydrogen) atoms. The minimum Gasteiger partial charge on any atom is -0.497 e. The van der Waals surface area contributed by atoms with Crippen LogP contribution in [-0.4, -0.2) is 43.8 Å². The Morgan fingerprint density at radius 3 is 2.41 bits per heavy atom. The first-order valence-electron chi connectivity index (χ1n) is 9.01. The monoisotopic (exact) mass is 419 g/mol. The highest BCUT2D eigenvalue weighted by atomic mass is 32.2. The molecule has 1 heterocycles. The molecule has 1 amide bonds. The smallest absolute Gasteiger partial charge is 0.269 e. The van der Waals surface area contributed by atoms with E-state index in [1.54, 1.807) is 12.1 Å². The second kappa shape index (κ2) is 8.58. The Kier molecular flexibility index (Phi) is 6.14. The Morgan fingerprint density at radius 1 is 1.17 bits per heavy atom. The molecule has 0 radical (unpaired) electrons. The molecule has 3 rings (SSSR count). The summed E-state index contributed by atoms with van der Waals surface area (Å²) in [5.74, 6) is -0.261. The van der Waals surface area contributed by atoms with Gasteiger partial charge in [-0.05, 0) is 49.2 Å². The number of sulfonamides is 1. The summed E-state index contributed by atoms with van der Waals surface area (Å²) in [5, 5.41) is 13.4. The highest BCUT2D eigenvalue weighted by molar-refractivity contribution is 7.89. The Bertz CT molecular complexity index is 990. The Hall–Kier alpha value is -2.98. The molecule has 0 aliphatic carbocycles. The first-order chi connectivity index (χ1) is 13.8. The summed E-state index contributed by atoms with van der Waals surface area (Å²) in [5.41, 5.74) is 0.355. The first-order valence-corrected chi connectivity index (χ1v) is 10.4. The van der Waals surface area contributed by atoms with Gasteiger partial charge in [-0.1, -0.05) is 0 Å². The van der Waals surface area contributed by atoms with Crippen LogP contribution in [0.1, 0.15) is 12.8 Å². The largest absolute Gasteiger partial charge is 0.497 e. The minimum absolute atomic E-state index is 0.0718. The predicted octanol–water partition coefficient (Wildman–Crippen LogP) is 2.64. The molecule has 1 atom stereocenters. The molecule has 0 bridgehead atoms. The summed E-state index contributed by atoms with van der Waals surface area (Å²) in [4.78, 5) is 22.9. The van der Waals surface area contributed by atoms with Crippen LogP contribution in [0.5, 0.6) is 5.75 Å². The number of nitro groups is 1. The number of carbonyl (C=O) groups excluding carboxylic acids is 1. The molecular formula is C19H21N3O6S. The number of benzene rings is 2. The van der Waals surface area contributed by atoms with Crippen molar-refractivity contribution in [3.63, 3.8) is 0 Å². The highest BCUT2D eigenvalue weighted by Gasteiger charge is 2.33. The third kappa shape index (κ3) is 4.72. The number of carbonyl (C=O) groups is 1. The summed E-state index contributed by atoms with van der Waals surface area (Å²) in [6.07, 6.45) is 1.13. The van der Waals surface area contributed by atoms with Gasteiger partial charge in [-0.3, -0.25) is 14.9 Å². The van der Waals surface area contributed by atoms with Crippen molar-refractivity contribution in [1.82, 2.24) is 4.31 Å². The number of hydrogen-bond acceptors (Lipinski definition) is 6. The van der Waals surface area contributed by atoms with Crippen LogP contribution in [0.15, 0.2) is 53.4 Å². The van der Waals surface area contributed by atoms with Gasteiger partial charge >= 0.3 is 0 Å². The second-order valence-corrected chi connectivity index (χ2v) is 8.61. The van der Waals surface area contributed by atoms with E-state index in [1.165, 1.54) is 47.8 Å².